The Morgan fingerprint density at radius 3 is 2.63 bits per heavy atom. The Bertz CT molecular complexity index is 512. The summed E-state index contributed by atoms with van der Waals surface area (Å²) in [5.74, 6) is -0.579. The van der Waals surface area contributed by atoms with Crippen LogP contribution in [0, 0.1) is 0 Å². The van der Waals surface area contributed by atoms with Gasteiger partial charge in [-0.15, -0.1) is 0 Å². The molecule has 0 aromatic heterocycles. The topological polar surface area (TPSA) is 43.4 Å². The lowest BCUT2D eigenvalue weighted by atomic mass is 10.1. The van der Waals surface area contributed by atoms with Gasteiger partial charge in [-0.05, 0) is 36.5 Å². The molecule has 19 heavy (non-hydrogen) atoms. The molecule has 0 fully saturated rings. The first-order valence-electron chi connectivity index (χ1n) is 6.38. The summed E-state index contributed by atoms with van der Waals surface area (Å²) in [6, 6.07) is 9.43. The Balaban J connectivity index is 1.79. The largest absolute Gasteiger partial charge is 0.458 e. The van der Waals surface area contributed by atoms with Gasteiger partial charge in [0.2, 0.25) is 0 Å². The van der Waals surface area contributed by atoms with Crippen molar-refractivity contribution in [3.05, 3.63) is 59.7 Å². The Kier molecular flexibility index (Phi) is 4.67. The quantitative estimate of drug-likeness (QED) is 0.601. The number of carbonyl (C=O) groups excluding carboxylic acids is 2. The van der Waals surface area contributed by atoms with E-state index in [9.17, 15) is 9.59 Å². The van der Waals surface area contributed by atoms with Gasteiger partial charge in [-0.25, -0.2) is 4.79 Å². The maximum atomic E-state index is 11.7. The first-order valence-corrected chi connectivity index (χ1v) is 6.38. The molecule has 1 aliphatic rings. The third-order valence-corrected chi connectivity index (χ3v) is 2.95. The fourth-order valence-corrected chi connectivity index (χ4v) is 1.92. The summed E-state index contributed by atoms with van der Waals surface area (Å²) in [6.45, 7) is 0.223. The second-order valence-corrected chi connectivity index (χ2v) is 4.41. The van der Waals surface area contributed by atoms with Crippen LogP contribution in [0.3, 0.4) is 0 Å². The molecule has 1 aromatic rings. The molecule has 98 valence electrons. The van der Waals surface area contributed by atoms with Gasteiger partial charge in [0, 0.05) is 6.08 Å². The third-order valence-electron chi connectivity index (χ3n) is 2.95. The van der Waals surface area contributed by atoms with Gasteiger partial charge in [-0.3, -0.25) is 4.79 Å². The summed E-state index contributed by atoms with van der Waals surface area (Å²) in [5.41, 5.74) is 1.72. The van der Waals surface area contributed by atoms with Gasteiger partial charge in [0.15, 0.2) is 5.78 Å². The lowest BCUT2D eigenvalue weighted by Gasteiger charge is -2.01. The molecule has 0 radical (unpaired) electrons. The van der Waals surface area contributed by atoms with Crippen molar-refractivity contribution in [2.75, 3.05) is 0 Å². The first kappa shape index (κ1) is 13.3. The highest BCUT2D eigenvalue weighted by Gasteiger charge is 2.10. The van der Waals surface area contributed by atoms with Crippen LogP contribution in [-0.2, 0) is 20.9 Å². The van der Waals surface area contributed by atoms with Crippen LogP contribution in [0.2, 0.25) is 0 Å². The maximum absolute atomic E-state index is 11.7. The number of hydrogen-bond acceptors (Lipinski definition) is 3. The van der Waals surface area contributed by atoms with Crippen molar-refractivity contribution in [3.8, 4) is 0 Å². The number of rotatable bonds is 5. The number of esters is 1. The van der Waals surface area contributed by atoms with E-state index in [0.717, 1.165) is 30.4 Å². The van der Waals surface area contributed by atoms with Crippen molar-refractivity contribution < 1.29 is 14.3 Å². The molecular weight excluding hydrogens is 240 g/mol. The highest BCUT2D eigenvalue weighted by Crippen LogP contribution is 2.18. The summed E-state index contributed by atoms with van der Waals surface area (Å²) in [6.07, 6.45) is 7.21. The van der Waals surface area contributed by atoms with Gasteiger partial charge in [0.25, 0.3) is 0 Å². The van der Waals surface area contributed by atoms with Crippen molar-refractivity contribution in [1.29, 1.82) is 0 Å². The number of ether oxygens (including phenoxy) is 1. The van der Waals surface area contributed by atoms with Gasteiger partial charge < -0.3 is 4.74 Å². The molecule has 0 amide bonds. The van der Waals surface area contributed by atoms with E-state index >= 15 is 0 Å². The van der Waals surface area contributed by atoms with Crippen molar-refractivity contribution in [3.63, 3.8) is 0 Å². The molecule has 0 aliphatic heterocycles. The van der Waals surface area contributed by atoms with E-state index in [-0.39, 0.29) is 12.4 Å². The van der Waals surface area contributed by atoms with Crippen molar-refractivity contribution in [2.24, 2.45) is 0 Å². The summed E-state index contributed by atoms with van der Waals surface area (Å²) in [7, 11) is 0. The first-order chi connectivity index (χ1) is 9.25. The van der Waals surface area contributed by atoms with Crippen molar-refractivity contribution >= 4 is 11.8 Å². The van der Waals surface area contributed by atoms with E-state index in [2.05, 4.69) is 0 Å². The normalized spacial score (nSPS) is 14.4. The van der Waals surface area contributed by atoms with Crippen LogP contribution in [0.4, 0.5) is 0 Å². The fourth-order valence-electron chi connectivity index (χ4n) is 1.92. The lowest BCUT2D eigenvalue weighted by molar-refractivity contribution is -0.139. The molecule has 0 spiro atoms. The zero-order valence-corrected chi connectivity index (χ0v) is 10.7. The Morgan fingerprint density at radius 1 is 1.16 bits per heavy atom. The highest BCUT2D eigenvalue weighted by molar-refractivity contribution is 6.06. The lowest BCUT2D eigenvalue weighted by Crippen LogP contribution is -2.03. The standard InChI is InChI=1S/C16H16O3/c17-15(14-8-4-5-9-14)10-11-16(18)19-12-13-6-2-1-3-7-13/h1-3,6-8,10-11H,4-5,9,12H2/b11-10+. The second kappa shape index (κ2) is 6.69. The van der Waals surface area contributed by atoms with Crippen LogP contribution in [0.25, 0.3) is 0 Å². The SMILES string of the molecule is O=C(/C=C/C(=O)C1=CCCC1)OCc1ccccc1. The molecule has 0 saturated heterocycles. The molecule has 3 heteroatoms. The Hall–Kier alpha value is -2.16. The maximum Gasteiger partial charge on any atom is 0.331 e. The van der Waals surface area contributed by atoms with Crippen LogP contribution >= 0.6 is 0 Å². The van der Waals surface area contributed by atoms with Crippen molar-refractivity contribution in [2.45, 2.75) is 25.9 Å². The van der Waals surface area contributed by atoms with Crippen LogP contribution in [0.1, 0.15) is 24.8 Å². The average molecular weight is 256 g/mol. The highest BCUT2D eigenvalue weighted by atomic mass is 16.5. The zero-order chi connectivity index (χ0) is 13.5. The number of allylic oxidation sites excluding steroid dienone is 3. The molecule has 0 atom stereocenters. The fraction of sp³-hybridized carbons (Fsp3) is 0.250. The summed E-state index contributed by atoms with van der Waals surface area (Å²) >= 11 is 0. The minimum Gasteiger partial charge on any atom is -0.458 e. The van der Waals surface area contributed by atoms with Gasteiger partial charge >= 0.3 is 5.97 Å². The van der Waals surface area contributed by atoms with E-state index in [1.165, 1.54) is 12.2 Å². The smallest absolute Gasteiger partial charge is 0.331 e. The Labute approximate surface area is 112 Å². The van der Waals surface area contributed by atoms with Crippen LogP contribution in [-0.4, -0.2) is 11.8 Å². The molecule has 0 saturated carbocycles. The monoisotopic (exact) mass is 256 g/mol. The Morgan fingerprint density at radius 2 is 1.95 bits per heavy atom. The van der Waals surface area contributed by atoms with E-state index in [0.29, 0.717) is 0 Å². The number of ketones is 1. The van der Waals surface area contributed by atoms with Crippen LogP contribution in [0.5, 0.6) is 0 Å². The van der Waals surface area contributed by atoms with E-state index in [4.69, 9.17) is 4.74 Å². The minimum atomic E-state index is -0.490. The molecular formula is C16H16O3. The second-order valence-electron chi connectivity index (χ2n) is 4.41. The van der Waals surface area contributed by atoms with Gasteiger partial charge in [0.05, 0.1) is 0 Å². The molecule has 2 rings (SSSR count). The van der Waals surface area contributed by atoms with Crippen LogP contribution < -0.4 is 0 Å². The molecule has 1 aromatic carbocycles. The van der Waals surface area contributed by atoms with E-state index < -0.39 is 5.97 Å². The van der Waals surface area contributed by atoms with Gasteiger partial charge in [-0.1, -0.05) is 36.4 Å². The van der Waals surface area contributed by atoms with E-state index in [1.54, 1.807) is 0 Å². The predicted molar refractivity (Wildman–Crippen MR) is 72.3 cm³/mol. The third kappa shape index (κ3) is 4.21. The molecule has 1 aliphatic carbocycles. The molecule has 0 heterocycles. The number of benzene rings is 1. The average Bonchev–Trinajstić information content (AvgIpc) is 2.98. The zero-order valence-electron chi connectivity index (χ0n) is 10.7. The molecule has 3 nitrogen and oxygen atoms in total. The van der Waals surface area contributed by atoms with Crippen LogP contribution in [0.15, 0.2) is 54.1 Å². The van der Waals surface area contributed by atoms with Gasteiger partial charge in [-0.2, -0.15) is 0 Å². The minimum absolute atomic E-state index is 0.0887. The van der Waals surface area contributed by atoms with E-state index in [1.807, 2.05) is 36.4 Å². The molecule has 0 N–H and O–H groups in total. The summed E-state index contributed by atoms with van der Waals surface area (Å²) in [4.78, 5) is 23.1. The molecule has 0 unspecified atom stereocenters. The number of carbonyl (C=O) groups is 2. The number of hydrogen-bond donors (Lipinski definition) is 0. The predicted octanol–water partition coefficient (Wildman–Crippen LogP) is 2.97. The van der Waals surface area contributed by atoms with Crippen molar-refractivity contribution in [1.82, 2.24) is 0 Å². The summed E-state index contributed by atoms with van der Waals surface area (Å²) in [5, 5.41) is 0. The summed E-state index contributed by atoms with van der Waals surface area (Å²) < 4.78 is 5.04. The van der Waals surface area contributed by atoms with Gasteiger partial charge in [0.1, 0.15) is 6.61 Å². The molecule has 0 bridgehead atoms.